The van der Waals surface area contributed by atoms with Gasteiger partial charge in [0.15, 0.2) is 11.6 Å². The molecule has 0 atom stereocenters. The maximum absolute atomic E-state index is 14.0. The maximum atomic E-state index is 14.0. The van der Waals surface area contributed by atoms with Crippen LogP contribution in [-0.4, -0.2) is 5.97 Å². The standard InChI is InChI=1S/C18H18FIO3/c1-4-18(21)23-16-7-5-6-15(20)13(16)10-22-17-9-12(3)11(2)8-14(17)19/h5-9H,4,10H2,1-3H3. The summed E-state index contributed by atoms with van der Waals surface area (Å²) in [4.78, 5) is 11.5. The lowest BCUT2D eigenvalue weighted by Gasteiger charge is -2.14. The van der Waals surface area contributed by atoms with E-state index in [1.54, 1.807) is 25.1 Å². The molecule has 0 fully saturated rings. The fraction of sp³-hybridized carbons (Fsp3) is 0.278. The highest BCUT2D eigenvalue weighted by Crippen LogP contribution is 2.28. The van der Waals surface area contributed by atoms with Crippen LogP contribution in [0.4, 0.5) is 4.39 Å². The van der Waals surface area contributed by atoms with E-state index in [0.717, 1.165) is 20.3 Å². The monoisotopic (exact) mass is 428 g/mol. The third-order valence-electron chi connectivity index (χ3n) is 3.51. The Morgan fingerprint density at radius 3 is 2.57 bits per heavy atom. The van der Waals surface area contributed by atoms with Gasteiger partial charge in [0, 0.05) is 15.6 Å². The largest absolute Gasteiger partial charge is 0.486 e. The van der Waals surface area contributed by atoms with Crippen molar-refractivity contribution in [3.8, 4) is 11.5 Å². The number of rotatable bonds is 5. The summed E-state index contributed by atoms with van der Waals surface area (Å²) in [5.74, 6) is -0.0646. The average Bonchev–Trinajstić information content (AvgIpc) is 2.51. The molecule has 0 spiro atoms. The van der Waals surface area contributed by atoms with Crippen molar-refractivity contribution in [3.63, 3.8) is 0 Å². The van der Waals surface area contributed by atoms with Gasteiger partial charge in [-0.3, -0.25) is 4.79 Å². The summed E-state index contributed by atoms with van der Waals surface area (Å²) in [6.45, 7) is 5.62. The van der Waals surface area contributed by atoms with E-state index in [1.807, 2.05) is 19.9 Å². The first-order chi connectivity index (χ1) is 10.9. The maximum Gasteiger partial charge on any atom is 0.310 e. The summed E-state index contributed by atoms with van der Waals surface area (Å²) in [6.07, 6.45) is 0.289. The second kappa shape index (κ2) is 7.77. The molecule has 0 aliphatic carbocycles. The highest BCUT2D eigenvalue weighted by molar-refractivity contribution is 14.1. The molecule has 0 heterocycles. The predicted molar refractivity (Wildman–Crippen MR) is 95.3 cm³/mol. The minimum atomic E-state index is -0.397. The third kappa shape index (κ3) is 4.43. The van der Waals surface area contributed by atoms with E-state index in [1.165, 1.54) is 6.07 Å². The molecule has 0 aliphatic heterocycles. The van der Waals surface area contributed by atoms with Gasteiger partial charge in [0.05, 0.1) is 0 Å². The first kappa shape index (κ1) is 17.7. The molecule has 2 aromatic carbocycles. The van der Waals surface area contributed by atoms with Gasteiger partial charge >= 0.3 is 5.97 Å². The van der Waals surface area contributed by atoms with Gasteiger partial charge in [-0.15, -0.1) is 0 Å². The van der Waals surface area contributed by atoms with E-state index in [0.29, 0.717) is 5.75 Å². The van der Waals surface area contributed by atoms with Crippen LogP contribution in [0.15, 0.2) is 30.3 Å². The number of ether oxygens (including phenoxy) is 2. The van der Waals surface area contributed by atoms with E-state index in [2.05, 4.69) is 22.6 Å². The molecule has 23 heavy (non-hydrogen) atoms. The van der Waals surface area contributed by atoms with E-state index >= 15 is 0 Å². The Morgan fingerprint density at radius 1 is 1.17 bits per heavy atom. The minimum absolute atomic E-state index is 0.130. The van der Waals surface area contributed by atoms with Gasteiger partial charge in [-0.1, -0.05) is 13.0 Å². The molecule has 0 N–H and O–H groups in total. The second-order valence-corrected chi connectivity index (χ2v) is 6.36. The third-order valence-corrected chi connectivity index (χ3v) is 4.52. The molecule has 0 bridgehead atoms. The van der Waals surface area contributed by atoms with Crippen LogP contribution in [-0.2, 0) is 11.4 Å². The molecule has 2 rings (SSSR count). The van der Waals surface area contributed by atoms with E-state index in [9.17, 15) is 9.18 Å². The van der Waals surface area contributed by atoms with Crippen LogP contribution in [0.2, 0.25) is 0 Å². The first-order valence-electron chi connectivity index (χ1n) is 7.30. The Kier molecular flexibility index (Phi) is 5.98. The quantitative estimate of drug-likeness (QED) is 0.385. The Balaban J connectivity index is 2.23. The highest BCUT2D eigenvalue weighted by Gasteiger charge is 2.13. The molecule has 122 valence electrons. The van der Waals surface area contributed by atoms with E-state index in [4.69, 9.17) is 9.47 Å². The van der Waals surface area contributed by atoms with E-state index in [-0.39, 0.29) is 24.7 Å². The molecule has 3 nitrogen and oxygen atoms in total. The summed E-state index contributed by atoms with van der Waals surface area (Å²) in [5.41, 5.74) is 2.57. The fourth-order valence-corrected chi connectivity index (χ4v) is 2.61. The summed E-state index contributed by atoms with van der Waals surface area (Å²) in [5, 5.41) is 0. The Hall–Kier alpha value is -1.63. The van der Waals surface area contributed by atoms with Crippen molar-refractivity contribution >= 4 is 28.6 Å². The number of carbonyl (C=O) groups excluding carboxylic acids is 1. The fourth-order valence-electron chi connectivity index (χ4n) is 1.98. The predicted octanol–water partition coefficient (Wildman–Crippen LogP) is 4.94. The topological polar surface area (TPSA) is 35.5 Å². The Bertz CT molecular complexity index is 728. The molecule has 0 saturated heterocycles. The molecule has 5 heteroatoms. The smallest absolute Gasteiger partial charge is 0.310 e. The zero-order valence-electron chi connectivity index (χ0n) is 13.3. The van der Waals surface area contributed by atoms with Crippen molar-refractivity contribution in [3.05, 3.63) is 56.4 Å². The van der Waals surface area contributed by atoms with Crippen molar-refractivity contribution < 1.29 is 18.7 Å². The first-order valence-corrected chi connectivity index (χ1v) is 8.37. The molecule has 0 unspecified atom stereocenters. The lowest BCUT2D eigenvalue weighted by molar-refractivity contribution is -0.134. The Labute approximate surface area is 148 Å². The summed E-state index contributed by atoms with van der Waals surface area (Å²) in [7, 11) is 0. The van der Waals surface area contributed by atoms with Crippen LogP contribution in [0.1, 0.15) is 30.0 Å². The molecule has 2 aromatic rings. The molecule has 0 saturated carbocycles. The van der Waals surface area contributed by atoms with Crippen LogP contribution in [0.3, 0.4) is 0 Å². The molecular formula is C18H18FIO3. The number of aryl methyl sites for hydroxylation is 2. The zero-order valence-corrected chi connectivity index (χ0v) is 15.4. The van der Waals surface area contributed by atoms with Gasteiger partial charge in [0.2, 0.25) is 0 Å². The summed E-state index contributed by atoms with van der Waals surface area (Å²) < 4.78 is 25.8. The van der Waals surface area contributed by atoms with Crippen molar-refractivity contribution in [1.29, 1.82) is 0 Å². The van der Waals surface area contributed by atoms with Crippen LogP contribution in [0.5, 0.6) is 11.5 Å². The molecule has 0 radical (unpaired) electrons. The van der Waals surface area contributed by atoms with Gasteiger partial charge in [0.1, 0.15) is 12.4 Å². The summed E-state index contributed by atoms with van der Waals surface area (Å²) in [6, 6.07) is 8.54. The van der Waals surface area contributed by atoms with Crippen molar-refractivity contribution in [2.75, 3.05) is 0 Å². The SMILES string of the molecule is CCC(=O)Oc1cccc(I)c1COc1cc(C)c(C)cc1F. The number of esters is 1. The normalized spacial score (nSPS) is 10.5. The zero-order chi connectivity index (χ0) is 17.0. The van der Waals surface area contributed by atoms with Gasteiger partial charge < -0.3 is 9.47 Å². The lowest BCUT2D eigenvalue weighted by Crippen LogP contribution is -2.10. The van der Waals surface area contributed by atoms with Crippen molar-refractivity contribution in [2.24, 2.45) is 0 Å². The van der Waals surface area contributed by atoms with Crippen LogP contribution in [0, 0.1) is 23.2 Å². The van der Waals surface area contributed by atoms with Crippen LogP contribution < -0.4 is 9.47 Å². The molecule has 0 aliphatic rings. The van der Waals surface area contributed by atoms with Crippen LogP contribution >= 0.6 is 22.6 Å². The van der Waals surface area contributed by atoms with Gasteiger partial charge in [-0.2, -0.15) is 0 Å². The molecule has 0 amide bonds. The lowest BCUT2D eigenvalue weighted by atomic mass is 10.1. The van der Waals surface area contributed by atoms with Crippen molar-refractivity contribution in [1.82, 2.24) is 0 Å². The van der Waals surface area contributed by atoms with Crippen LogP contribution in [0.25, 0.3) is 0 Å². The average molecular weight is 428 g/mol. The van der Waals surface area contributed by atoms with Gasteiger partial charge in [-0.05, 0) is 71.8 Å². The molecular weight excluding hydrogens is 410 g/mol. The van der Waals surface area contributed by atoms with Gasteiger partial charge in [0.25, 0.3) is 0 Å². The van der Waals surface area contributed by atoms with Crippen molar-refractivity contribution in [2.45, 2.75) is 33.8 Å². The summed E-state index contributed by atoms with van der Waals surface area (Å²) >= 11 is 2.14. The number of halogens is 2. The Morgan fingerprint density at radius 2 is 1.87 bits per heavy atom. The minimum Gasteiger partial charge on any atom is -0.486 e. The molecule has 0 aromatic heterocycles. The second-order valence-electron chi connectivity index (χ2n) is 5.20. The van der Waals surface area contributed by atoms with E-state index < -0.39 is 5.82 Å². The number of benzene rings is 2. The van der Waals surface area contributed by atoms with Gasteiger partial charge in [-0.25, -0.2) is 4.39 Å². The number of carbonyl (C=O) groups is 1. The highest BCUT2D eigenvalue weighted by atomic mass is 127. The number of hydrogen-bond donors (Lipinski definition) is 0. The number of hydrogen-bond acceptors (Lipinski definition) is 3.